The fourth-order valence-corrected chi connectivity index (χ4v) is 3.04. The average molecular weight is 293 g/mol. The molecule has 22 heavy (non-hydrogen) atoms. The third-order valence-corrected chi connectivity index (χ3v) is 3.98. The van der Waals surface area contributed by atoms with E-state index in [1.807, 2.05) is 61.5 Å². The Balaban J connectivity index is 2.02. The number of benzene rings is 2. The van der Waals surface area contributed by atoms with E-state index in [1.165, 1.54) is 0 Å². The van der Waals surface area contributed by atoms with E-state index >= 15 is 0 Å². The van der Waals surface area contributed by atoms with Crippen LogP contribution in [0.4, 0.5) is 5.69 Å². The van der Waals surface area contributed by atoms with Gasteiger partial charge in [-0.15, -0.1) is 6.58 Å². The zero-order valence-electron chi connectivity index (χ0n) is 12.6. The monoisotopic (exact) mass is 293 g/mol. The van der Waals surface area contributed by atoms with E-state index in [0.29, 0.717) is 12.1 Å². The summed E-state index contributed by atoms with van der Waals surface area (Å²) >= 11 is 0. The number of hydrogen-bond acceptors (Lipinski definition) is 2. The first-order chi connectivity index (χ1) is 10.5. The summed E-state index contributed by atoms with van der Waals surface area (Å²) in [5, 5.41) is 11.0. The van der Waals surface area contributed by atoms with Crippen molar-refractivity contribution in [3.05, 3.63) is 77.9 Å². The summed E-state index contributed by atoms with van der Waals surface area (Å²) in [5.41, 5.74) is 1.76. The van der Waals surface area contributed by atoms with E-state index in [-0.39, 0.29) is 12.3 Å². The van der Waals surface area contributed by atoms with Crippen molar-refractivity contribution >= 4 is 11.6 Å². The Morgan fingerprint density at radius 1 is 1.14 bits per heavy atom. The van der Waals surface area contributed by atoms with Crippen LogP contribution in [0.3, 0.4) is 0 Å². The maximum Gasteiger partial charge on any atom is 0.264 e. The lowest BCUT2D eigenvalue weighted by Gasteiger charge is -2.23. The molecular formula is C19H19NO2. The van der Waals surface area contributed by atoms with Gasteiger partial charge in [0.2, 0.25) is 0 Å². The number of aliphatic hydroxyl groups is 1. The smallest absolute Gasteiger partial charge is 0.264 e. The third-order valence-electron chi connectivity index (χ3n) is 3.98. The van der Waals surface area contributed by atoms with Crippen molar-refractivity contribution < 1.29 is 9.90 Å². The minimum atomic E-state index is -1.50. The molecule has 2 aromatic carbocycles. The fourth-order valence-electron chi connectivity index (χ4n) is 3.04. The third kappa shape index (κ3) is 2.34. The van der Waals surface area contributed by atoms with E-state index in [9.17, 15) is 9.90 Å². The Bertz CT molecular complexity index is 723. The molecule has 1 unspecified atom stereocenters. The molecule has 1 heterocycles. The van der Waals surface area contributed by atoms with Gasteiger partial charge in [0, 0.05) is 12.0 Å². The average Bonchev–Trinajstić information content (AvgIpc) is 2.70. The van der Waals surface area contributed by atoms with Crippen LogP contribution in [0.2, 0.25) is 0 Å². The van der Waals surface area contributed by atoms with Crippen molar-refractivity contribution in [2.45, 2.75) is 25.5 Å². The van der Waals surface area contributed by atoms with Crippen LogP contribution >= 0.6 is 0 Å². The van der Waals surface area contributed by atoms with Crippen LogP contribution < -0.4 is 4.90 Å². The molecule has 1 aliphatic heterocycles. The fraction of sp³-hybridized carbons (Fsp3) is 0.211. The molecule has 3 heteroatoms. The number of hydrogen-bond donors (Lipinski definition) is 1. The Morgan fingerprint density at radius 3 is 2.45 bits per heavy atom. The Kier molecular flexibility index (Phi) is 3.59. The number of amides is 1. The zero-order chi connectivity index (χ0) is 15.7. The van der Waals surface area contributed by atoms with Crippen molar-refractivity contribution in [3.63, 3.8) is 0 Å². The molecule has 0 saturated carbocycles. The van der Waals surface area contributed by atoms with Crippen molar-refractivity contribution in [1.82, 2.24) is 0 Å². The van der Waals surface area contributed by atoms with Gasteiger partial charge in [-0.2, -0.15) is 0 Å². The summed E-state index contributed by atoms with van der Waals surface area (Å²) in [6.07, 6.45) is 0.244. The molecule has 0 aliphatic carbocycles. The normalized spacial score (nSPS) is 20.1. The van der Waals surface area contributed by atoms with E-state index < -0.39 is 5.60 Å². The molecule has 1 N–H and O–H groups in total. The molecule has 0 fully saturated rings. The second-order valence-corrected chi connectivity index (χ2v) is 5.89. The first kappa shape index (κ1) is 14.5. The minimum Gasteiger partial charge on any atom is -0.375 e. The second-order valence-electron chi connectivity index (χ2n) is 5.89. The summed E-state index contributed by atoms with van der Waals surface area (Å²) in [7, 11) is 0. The van der Waals surface area contributed by atoms with Crippen LogP contribution in [0.25, 0.3) is 0 Å². The summed E-state index contributed by atoms with van der Waals surface area (Å²) in [6, 6.07) is 17.2. The number of carbonyl (C=O) groups is 1. The molecule has 0 bridgehead atoms. The number of anilines is 1. The molecule has 112 valence electrons. The molecule has 0 aromatic heterocycles. The summed E-state index contributed by atoms with van der Waals surface area (Å²) in [6.45, 7) is 6.13. The highest BCUT2D eigenvalue weighted by molar-refractivity contribution is 6.06. The summed E-state index contributed by atoms with van der Waals surface area (Å²) in [5.74, 6) is -0.277. The first-order valence-electron chi connectivity index (χ1n) is 7.34. The Labute approximate surface area is 130 Å². The standard InChI is InChI=1S/C19H19NO2/c1-14(2)12-19(22)16-10-6-7-11-17(16)20(18(19)21)13-15-8-4-3-5-9-15/h3-11,22H,1,12-13H2,2H3. The maximum atomic E-state index is 12.9. The Hall–Kier alpha value is -2.39. The van der Waals surface area contributed by atoms with Crippen molar-refractivity contribution in [2.75, 3.05) is 4.90 Å². The van der Waals surface area contributed by atoms with Gasteiger partial charge < -0.3 is 10.0 Å². The summed E-state index contributed by atoms with van der Waals surface area (Å²) < 4.78 is 0. The van der Waals surface area contributed by atoms with Crippen LogP contribution in [0, 0.1) is 0 Å². The molecule has 0 spiro atoms. The van der Waals surface area contributed by atoms with Gasteiger partial charge in [0.1, 0.15) is 0 Å². The minimum absolute atomic E-state index is 0.244. The lowest BCUT2D eigenvalue weighted by Crippen LogP contribution is -2.40. The highest BCUT2D eigenvalue weighted by atomic mass is 16.3. The van der Waals surface area contributed by atoms with Crippen molar-refractivity contribution in [1.29, 1.82) is 0 Å². The van der Waals surface area contributed by atoms with Crippen LogP contribution in [0.1, 0.15) is 24.5 Å². The number of carbonyl (C=O) groups excluding carboxylic acids is 1. The van der Waals surface area contributed by atoms with E-state index in [0.717, 1.165) is 16.8 Å². The molecular weight excluding hydrogens is 274 g/mol. The molecule has 1 aliphatic rings. The van der Waals surface area contributed by atoms with Crippen LogP contribution in [-0.2, 0) is 16.9 Å². The largest absolute Gasteiger partial charge is 0.375 e. The van der Waals surface area contributed by atoms with Gasteiger partial charge in [0.25, 0.3) is 5.91 Å². The lowest BCUT2D eigenvalue weighted by molar-refractivity contribution is -0.136. The topological polar surface area (TPSA) is 40.5 Å². The van der Waals surface area contributed by atoms with Crippen molar-refractivity contribution in [2.24, 2.45) is 0 Å². The second kappa shape index (κ2) is 5.43. The zero-order valence-corrected chi connectivity index (χ0v) is 12.6. The number of rotatable bonds is 4. The van der Waals surface area contributed by atoms with Gasteiger partial charge >= 0.3 is 0 Å². The first-order valence-corrected chi connectivity index (χ1v) is 7.34. The van der Waals surface area contributed by atoms with Crippen LogP contribution in [0.15, 0.2) is 66.7 Å². The molecule has 1 amide bonds. The molecule has 0 radical (unpaired) electrons. The van der Waals surface area contributed by atoms with Gasteiger partial charge in [-0.3, -0.25) is 4.79 Å². The molecule has 0 saturated heterocycles. The number of fused-ring (bicyclic) bond motifs is 1. The quantitative estimate of drug-likeness (QED) is 0.878. The van der Waals surface area contributed by atoms with Gasteiger partial charge in [-0.05, 0) is 18.6 Å². The highest BCUT2D eigenvalue weighted by Gasteiger charge is 2.49. The van der Waals surface area contributed by atoms with E-state index in [1.54, 1.807) is 4.90 Å². The van der Waals surface area contributed by atoms with E-state index in [2.05, 4.69) is 6.58 Å². The number of para-hydroxylation sites is 1. The van der Waals surface area contributed by atoms with Gasteiger partial charge in [-0.1, -0.05) is 54.1 Å². The molecule has 3 nitrogen and oxygen atoms in total. The van der Waals surface area contributed by atoms with Gasteiger partial charge in [0.05, 0.1) is 12.2 Å². The summed E-state index contributed by atoms with van der Waals surface area (Å²) in [4.78, 5) is 14.5. The lowest BCUT2D eigenvalue weighted by atomic mass is 9.89. The SMILES string of the molecule is C=C(C)CC1(O)C(=O)N(Cc2ccccc2)c2ccccc21. The van der Waals surface area contributed by atoms with Crippen LogP contribution in [-0.4, -0.2) is 11.0 Å². The maximum absolute atomic E-state index is 12.9. The predicted octanol–water partition coefficient (Wildman–Crippen LogP) is 3.39. The molecule has 3 rings (SSSR count). The Morgan fingerprint density at radius 2 is 1.77 bits per heavy atom. The van der Waals surface area contributed by atoms with Crippen LogP contribution in [0.5, 0.6) is 0 Å². The van der Waals surface area contributed by atoms with E-state index in [4.69, 9.17) is 0 Å². The molecule has 2 aromatic rings. The molecule has 1 atom stereocenters. The predicted molar refractivity (Wildman–Crippen MR) is 87.4 cm³/mol. The van der Waals surface area contributed by atoms with Gasteiger partial charge in [-0.25, -0.2) is 0 Å². The highest BCUT2D eigenvalue weighted by Crippen LogP contribution is 2.43. The number of nitrogens with zero attached hydrogens (tertiary/aromatic N) is 1. The van der Waals surface area contributed by atoms with Gasteiger partial charge in [0.15, 0.2) is 5.60 Å². The van der Waals surface area contributed by atoms with Crippen molar-refractivity contribution in [3.8, 4) is 0 Å².